The maximum Gasteiger partial charge on any atom is 0.326 e. The summed E-state index contributed by atoms with van der Waals surface area (Å²) in [5.74, 6) is -1.01. The number of carbonyl (C=O) groups excluding carboxylic acids is 1. The summed E-state index contributed by atoms with van der Waals surface area (Å²) in [6, 6.07) is 6.86. The largest absolute Gasteiger partial charge is 0.480 e. The number of nitrogens with zero attached hydrogens (tertiary/aromatic N) is 1. The van der Waals surface area contributed by atoms with Crippen molar-refractivity contribution in [1.82, 2.24) is 4.90 Å². The van der Waals surface area contributed by atoms with Crippen LogP contribution in [0.15, 0.2) is 24.3 Å². The Kier molecular flexibility index (Phi) is 4.98. The number of aliphatic carboxylic acids is 1. The highest BCUT2D eigenvalue weighted by molar-refractivity contribution is 14.1. The summed E-state index contributed by atoms with van der Waals surface area (Å²) in [4.78, 5) is 24.9. The summed E-state index contributed by atoms with van der Waals surface area (Å²) in [6.45, 7) is 0.856. The Balaban J connectivity index is 2.13. The molecule has 0 bridgehead atoms. The highest BCUT2D eigenvalue weighted by Gasteiger charge is 2.37. The van der Waals surface area contributed by atoms with Crippen LogP contribution in [0.1, 0.15) is 12.0 Å². The van der Waals surface area contributed by atoms with Crippen molar-refractivity contribution >= 4 is 34.5 Å². The average Bonchev–Trinajstić information content (AvgIpc) is 2.79. The summed E-state index contributed by atoms with van der Waals surface area (Å²) in [5.41, 5.74) is 6.49. The van der Waals surface area contributed by atoms with Gasteiger partial charge in [-0.15, -0.1) is 0 Å². The van der Waals surface area contributed by atoms with Gasteiger partial charge in [-0.25, -0.2) is 4.79 Å². The predicted molar refractivity (Wildman–Crippen MR) is 83.2 cm³/mol. The van der Waals surface area contributed by atoms with Gasteiger partial charge in [0.2, 0.25) is 5.91 Å². The van der Waals surface area contributed by atoms with Gasteiger partial charge in [0, 0.05) is 23.0 Å². The van der Waals surface area contributed by atoms with Gasteiger partial charge in [-0.1, -0.05) is 12.1 Å². The van der Waals surface area contributed by atoms with E-state index in [4.69, 9.17) is 5.73 Å². The van der Waals surface area contributed by atoms with Crippen LogP contribution in [0.2, 0.25) is 0 Å². The van der Waals surface area contributed by atoms with Crippen LogP contribution in [0.4, 0.5) is 0 Å². The predicted octanol–water partition coefficient (Wildman–Crippen LogP) is 1.09. The molecule has 6 heteroatoms. The van der Waals surface area contributed by atoms with Crippen LogP contribution in [0.25, 0.3) is 0 Å². The molecule has 3 N–H and O–H groups in total. The van der Waals surface area contributed by atoms with E-state index < -0.39 is 12.0 Å². The second-order valence-electron chi connectivity index (χ2n) is 5.04. The van der Waals surface area contributed by atoms with Crippen LogP contribution in [-0.2, 0) is 16.0 Å². The monoisotopic (exact) mass is 388 g/mol. The van der Waals surface area contributed by atoms with Crippen LogP contribution in [0.5, 0.6) is 0 Å². The van der Waals surface area contributed by atoms with Crippen LogP contribution >= 0.6 is 22.6 Å². The topological polar surface area (TPSA) is 83.6 Å². The first-order valence-corrected chi connectivity index (χ1v) is 7.56. The lowest BCUT2D eigenvalue weighted by Crippen LogP contribution is -2.44. The zero-order chi connectivity index (χ0) is 14.7. The molecule has 0 saturated carbocycles. The van der Waals surface area contributed by atoms with Crippen molar-refractivity contribution in [3.63, 3.8) is 0 Å². The third kappa shape index (κ3) is 3.49. The Morgan fingerprint density at radius 1 is 1.45 bits per heavy atom. The van der Waals surface area contributed by atoms with Crippen LogP contribution in [-0.4, -0.2) is 41.0 Å². The first-order valence-electron chi connectivity index (χ1n) is 6.48. The van der Waals surface area contributed by atoms with Gasteiger partial charge in [0.1, 0.15) is 6.04 Å². The number of amides is 1. The molecule has 0 aromatic heterocycles. The number of rotatable bonds is 5. The van der Waals surface area contributed by atoms with Crippen LogP contribution < -0.4 is 5.73 Å². The Labute approximate surface area is 131 Å². The molecule has 1 heterocycles. The zero-order valence-electron chi connectivity index (χ0n) is 11.0. The smallest absolute Gasteiger partial charge is 0.326 e. The highest BCUT2D eigenvalue weighted by Crippen LogP contribution is 2.22. The molecule has 0 aliphatic carbocycles. The maximum absolute atomic E-state index is 11.9. The molecule has 1 amide bonds. The summed E-state index contributed by atoms with van der Waals surface area (Å²) in [5, 5.41) is 9.40. The molecule has 1 fully saturated rings. The molecule has 0 spiro atoms. The number of nitrogens with two attached hydrogens (primary N) is 1. The highest BCUT2D eigenvalue weighted by atomic mass is 127. The summed E-state index contributed by atoms with van der Waals surface area (Å²) in [7, 11) is 0. The normalized spacial score (nSPS) is 20.2. The van der Waals surface area contributed by atoms with E-state index in [1.165, 1.54) is 4.90 Å². The standard InChI is InChI=1S/C14H17IN2O3/c15-11-3-1-9(2-4-11)5-12(14(19)20)17-8-10(7-16)6-13(17)18/h1-4,10,12H,5-8,16H2,(H,19,20)/t10?,12-/m1/s1. The minimum absolute atomic E-state index is 0.0704. The summed E-state index contributed by atoms with van der Waals surface area (Å²) >= 11 is 2.20. The van der Waals surface area contributed by atoms with Crippen molar-refractivity contribution in [3.05, 3.63) is 33.4 Å². The van der Waals surface area contributed by atoms with Crippen molar-refractivity contribution in [3.8, 4) is 0 Å². The van der Waals surface area contributed by atoms with Gasteiger partial charge in [0.25, 0.3) is 0 Å². The van der Waals surface area contributed by atoms with Gasteiger partial charge < -0.3 is 15.7 Å². The van der Waals surface area contributed by atoms with Crippen LogP contribution in [0.3, 0.4) is 0 Å². The Bertz CT molecular complexity index is 504. The molecule has 2 atom stereocenters. The van der Waals surface area contributed by atoms with Gasteiger partial charge in [-0.05, 0) is 52.7 Å². The van der Waals surface area contributed by atoms with Gasteiger partial charge in [-0.3, -0.25) is 4.79 Å². The van der Waals surface area contributed by atoms with E-state index in [1.807, 2.05) is 24.3 Å². The molecule has 20 heavy (non-hydrogen) atoms. The maximum atomic E-state index is 11.9. The Morgan fingerprint density at radius 3 is 2.60 bits per heavy atom. The number of carboxylic acid groups (broad SMARTS) is 1. The molecule has 2 rings (SSSR count). The number of benzene rings is 1. The van der Waals surface area contributed by atoms with E-state index in [2.05, 4.69) is 22.6 Å². The molecule has 1 aliphatic rings. The Morgan fingerprint density at radius 2 is 2.10 bits per heavy atom. The molecule has 1 unspecified atom stereocenters. The molecule has 1 aliphatic heterocycles. The molecule has 1 saturated heterocycles. The molecule has 5 nitrogen and oxygen atoms in total. The van der Waals surface area contributed by atoms with E-state index in [9.17, 15) is 14.7 Å². The van der Waals surface area contributed by atoms with Crippen molar-refractivity contribution in [2.75, 3.05) is 13.1 Å². The fourth-order valence-corrected chi connectivity index (χ4v) is 2.80. The minimum atomic E-state index is -0.963. The molecule has 108 valence electrons. The third-order valence-corrected chi connectivity index (χ3v) is 4.29. The first-order chi connectivity index (χ1) is 9.51. The number of hydrogen-bond acceptors (Lipinski definition) is 3. The zero-order valence-corrected chi connectivity index (χ0v) is 13.1. The second kappa shape index (κ2) is 6.53. The lowest BCUT2D eigenvalue weighted by molar-refractivity contribution is -0.148. The van der Waals surface area contributed by atoms with E-state index in [-0.39, 0.29) is 11.8 Å². The van der Waals surface area contributed by atoms with E-state index in [0.29, 0.717) is 25.9 Å². The van der Waals surface area contributed by atoms with E-state index >= 15 is 0 Å². The SMILES string of the molecule is NCC1CC(=O)N([C@H](Cc2ccc(I)cc2)C(=O)O)C1. The first kappa shape index (κ1) is 15.2. The van der Waals surface area contributed by atoms with E-state index in [1.54, 1.807) is 0 Å². The van der Waals surface area contributed by atoms with Gasteiger partial charge in [0.05, 0.1) is 0 Å². The van der Waals surface area contributed by atoms with Crippen molar-refractivity contribution in [2.24, 2.45) is 11.7 Å². The quantitative estimate of drug-likeness (QED) is 0.740. The van der Waals surface area contributed by atoms with Crippen molar-refractivity contribution in [1.29, 1.82) is 0 Å². The van der Waals surface area contributed by atoms with Crippen molar-refractivity contribution < 1.29 is 14.7 Å². The lowest BCUT2D eigenvalue weighted by atomic mass is 10.0. The van der Waals surface area contributed by atoms with Gasteiger partial charge >= 0.3 is 5.97 Å². The molecule has 0 radical (unpaired) electrons. The number of carboxylic acids is 1. The molecule has 1 aromatic carbocycles. The molecular formula is C14H17IN2O3. The number of carbonyl (C=O) groups is 2. The summed E-state index contributed by atoms with van der Waals surface area (Å²) in [6.07, 6.45) is 0.683. The average molecular weight is 388 g/mol. The molecular weight excluding hydrogens is 371 g/mol. The summed E-state index contributed by atoms with van der Waals surface area (Å²) < 4.78 is 1.10. The third-order valence-electron chi connectivity index (χ3n) is 3.58. The van der Waals surface area contributed by atoms with Gasteiger partial charge in [-0.2, -0.15) is 0 Å². The number of hydrogen-bond donors (Lipinski definition) is 2. The number of halogens is 1. The second-order valence-corrected chi connectivity index (χ2v) is 6.28. The fraction of sp³-hybridized carbons (Fsp3) is 0.429. The molecule has 1 aromatic rings. The number of likely N-dealkylation sites (tertiary alicyclic amines) is 1. The Hall–Kier alpha value is -1.15. The van der Waals surface area contributed by atoms with Gasteiger partial charge in [0.15, 0.2) is 0 Å². The lowest BCUT2D eigenvalue weighted by Gasteiger charge is -2.24. The fourth-order valence-electron chi connectivity index (χ4n) is 2.44. The van der Waals surface area contributed by atoms with E-state index in [0.717, 1.165) is 9.13 Å². The van der Waals surface area contributed by atoms with Crippen molar-refractivity contribution in [2.45, 2.75) is 18.9 Å². The van der Waals surface area contributed by atoms with Crippen LogP contribution in [0, 0.1) is 9.49 Å². The minimum Gasteiger partial charge on any atom is -0.480 e.